The normalized spacial score (nSPS) is 22.3. The van der Waals surface area contributed by atoms with E-state index in [9.17, 15) is 9.59 Å². The van der Waals surface area contributed by atoms with Crippen molar-refractivity contribution in [3.05, 3.63) is 41.9 Å². The van der Waals surface area contributed by atoms with Crippen molar-refractivity contribution in [2.45, 2.75) is 50.8 Å². The van der Waals surface area contributed by atoms with Gasteiger partial charge in [0.15, 0.2) is 0 Å². The highest BCUT2D eigenvalue weighted by Gasteiger charge is 2.43. The molecule has 154 valence electrons. The second-order valence-corrected chi connectivity index (χ2v) is 7.89. The van der Waals surface area contributed by atoms with Crippen LogP contribution in [0.3, 0.4) is 0 Å². The van der Waals surface area contributed by atoms with Gasteiger partial charge in [0.05, 0.1) is 17.7 Å². The Hall–Kier alpha value is -2.90. The summed E-state index contributed by atoms with van der Waals surface area (Å²) in [7, 11) is 3.56. The van der Waals surface area contributed by atoms with Crippen LogP contribution in [0.25, 0.3) is 0 Å². The fraction of sp³-hybridized carbons (Fsp3) is 0.524. The van der Waals surface area contributed by atoms with E-state index in [0.29, 0.717) is 12.4 Å². The highest BCUT2D eigenvalue weighted by atomic mass is 16.5. The highest BCUT2D eigenvalue weighted by Crippen LogP contribution is 2.36. The molecule has 1 aliphatic heterocycles. The molecule has 2 unspecified atom stereocenters. The van der Waals surface area contributed by atoms with Crippen molar-refractivity contribution < 1.29 is 14.3 Å². The molecule has 8 nitrogen and oxygen atoms in total. The molecule has 29 heavy (non-hydrogen) atoms. The van der Waals surface area contributed by atoms with Crippen molar-refractivity contribution >= 4 is 11.8 Å². The topological polar surface area (TPSA) is 89.3 Å². The van der Waals surface area contributed by atoms with Gasteiger partial charge in [-0.3, -0.25) is 14.3 Å². The second-order valence-electron chi connectivity index (χ2n) is 7.89. The van der Waals surface area contributed by atoms with Crippen LogP contribution in [0.15, 0.2) is 30.6 Å². The molecule has 1 saturated carbocycles. The van der Waals surface area contributed by atoms with E-state index >= 15 is 0 Å². The summed E-state index contributed by atoms with van der Waals surface area (Å²) in [6.45, 7) is 0.363. The third-order valence-electron chi connectivity index (χ3n) is 5.94. The fourth-order valence-corrected chi connectivity index (χ4v) is 4.27. The van der Waals surface area contributed by atoms with Crippen molar-refractivity contribution in [3.8, 4) is 5.88 Å². The number of pyridine rings is 1. The lowest BCUT2D eigenvalue weighted by molar-refractivity contribution is -0.128. The fourth-order valence-electron chi connectivity index (χ4n) is 4.27. The van der Waals surface area contributed by atoms with E-state index in [2.05, 4.69) is 15.4 Å². The van der Waals surface area contributed by atoms with E-state index in [1.165, 1.54) is 12.8 Å². The number of nitrogens with one attached hydrogen (secondary N) is 1. The maximum atomic E-state index is 12.9. The standard InChI is InChI=1S/C21H27N5O3/c1-25-19(27)11-16(20(25)17-9-10-24-26(17)2)21(28)23-13-14-7-8-18(22-12-14)29-15-5-3-4-6-15/h7-10,12,15-16,20H,3-6,11,13H2,1-2H3,(H,23,28). The van der Waals surface area contributed by atoms with Gasteiger partial charge in [0.1, 0.15) is 6.10 Å². The Morgan fingerprint density at radius 2 is 2.03 bits per heavy atom. The molecule has 1 aliphatic carbocycles. The number of carbonyl (C=O) groups excluding carboxylic acids is 2. The molecule has 0 bridgehead atoms. The summed E-state index contributed by atoms with van der Waals surface area (Å²) in [6.07, 6.45) is 8.49. The van der Waals surface area contributed by atoms with E-state index in [1.54, 1.807) is 29.0 Å². The van der Waals surface area contributed by atoms with E-state index in [0.717, 1.165) is 24.1 Å². The number of carbonyl (C=O) groups is 2. The monoisotopic (exact) mass is 397 g/mol. The van der Waals surface area contributed by atoms with Crippen molar-refractivity contribution in [1.82, 2.24) is 25.0 Å². The van der Waals surface area contributed by atoms with E-state index in [-0.39, 0.29) is 30.4 Å². The molecule has 0 spiro atoms. The van der Waals surface area contributed by atoms with Gasteiger partial charge in [-0.1, -0.05) is 6.07 Å². The van der Waals surface area contributed by atoms with Gasteiger partial charge in [0, 0.05) is 45.5 Å². The minimum absolute atomic E-state index is 0.0357. The van der Waals surface area contributed by atoms with Gasteiger partial charge in [-0.15, -0.1) is 0 Å². The molecule has 1 N–H and O–H groups in total. The first kappa shape index (κ1) is 19.4. The molecule has 2 aromatic heterocycles. The average molecular weight is 397 g/mol. The third kappa shape index (κ3) is 4.11. The molecule has 1 saturated heterocycles. The van der Waals surface area contributed by atoms with Crippen molar-refractivity contribution in [2.75, 3.05) is 7.05 Å². The first-order chi connectivity index (χ1) is 14.0. The molecule has 0 aromatic carbocycles. The van der Waals surface area contributed by atoms with E-state index < -0.39 is 5.92 Å². The zero-order valence-corrected chi connectivity index (χ0v) is 16.9. The molecule has 3 heterocycles. The summed E-state index contributed by atoms with van der Waals surface area (Å²) < 4.78 is 7.59. The molecule has 0 radical (unpaired) electrons. The molecular weight excluding hydrogens is 370 g/mol. The number of hydrogen-bond donors (Lipinski definition) is 1. The molecule has 2 fully saturated rings. The minimum Gasteiger partial charge on any atom is -0.474 e. The summed E-state index contributed by atoms with van der Waals surface area (Å²) in [6, 6.07) is 5.32. The molecule has 4 rings (SSSR count). The van der Waals surface area contributed by atoms with Gasteiger partial charge >= 0.3 is 0 Å². The van der Waals surface area contributed by atoms with Crippen LogP contribution >= 0.6 is 0 Å². The maximum Gasteiger partial charge on any atom is 0.226 e. The summed E-state index contributed by atoms with van der Waals surface area (Å²) in [5.74, 6) is 0.0127. The summed E-state index contributed by atoms with van der Waals surface area (Å²) in [4.78, 5) is 31.1. The predicted molar refractivity (Wildman–Crippen MR) is 106 cm³/mol. The van der Waals surface area contributed by atoms with Gasteiger partial charge in [-0.05, 0) is 37.3 Å². The Morgan fingerprint density at radius 3 is 2.69 bits per heavy atom. The molecular formula is C21H27N5O3. The first-order valence-electron chi connectivity index (χ1n) is 10.2. The number of aryl methyl sites for hydroxylation is 1. The van der Waals surface area contributed by atoms with Crippen LogP contribution in [-0.4, -0.2) is 44.6 Å². The number of ether oxygens (including phenoxy) is 1. The zero-order valence-electron chi connectivity index (χ0n) is 16.9. The maximum absolute atomic E-state index is 12.9. The highest BCUT2D eigenvalue weighted by molar-refractivity contribution is 5.90. The van der Waals surface area contributed by atoms with Gasteiger partial charge in [0.25, 0.3) is 0 Å². The zero-order chi connectivity index (χ0) is 20.4. The third-order valence-corrected chi connectivity index (χ3v) is 5.94. The Balaban J connectivity index is 1.37. The molecule has 2 aliphatic rings. The van der Waals surface area contributed by atoms with Gasteiger partial charge in [-0.2, -0.15) is 5.10 Å². The number of aromatic nitrogens is 3. The molecule has 2 amide bonds. The van der Waals surface area contributed by atoms with Crippen LogP contribution in [0.1, 0.15) is 49.4 Å². The number of rotatable bonds is 6. The van der Waals surface area contributed by atoms with Crippen molar-refractivity contribution in [3.63, 3.8) is 0 Å². The van der Waals surface area contributed by atoms with Crippen LogP contribution in [0.4, 0.5) is 0 Å². The number of amides is 2. The van der Waals surface area contributed by atoms with Crippen molar-refractivity contribution in [2.24, 2.45) is 13.0 Å². The summed E-state index contributed by atoms with van der Waals surface area (Å²) in [5.41, 5.74) is 1.75. The van der Waals surface area contributed by atoms with Gasteiger partial charge in [0.2, 0.25) is 17.7 Å². The quantitative estimate of drug-likeness (QED) is 0.805. The van der Waals surface area contributed by atoms with E-state index in [4.69, 9.17) is 4.74 Å². The lowest BCUT2D eigenvalue weighted by Gasteiger charge is -2.24. The largest absolute Gasteiger partial charge is 0.474 e. The Morgan fingerprint density at radius 1 is 1.24 bits per heavy atom. The number of nitrogens with zero attached hydrogens (tertiary/aromatic N) is 4. The second kappa shape index (κ2) is 8.23. The molecule has 8 heteroatoms. The number of likely N-dealkylation sites (tertiary alicyclic amines) is 1. The molecule has 2 atom stereocenters. The first-order valence-corrected chi connectivity index (χ1v) is 10.2. The van der Waals surface area contributed by atoms with Crippen LogP contribution in [0, 0.1) is 5.92 Å². The minimum atomic E-state index is -0.444. The van der Waals surface area contributed by atoms with Crippen LogP contribution in [0.2, 0.25) is 0 Å². The molecule has 2 aromatic rings. The van der Waals surface area contributed by atoms with Crippen LogP contribution in [0.5, 0.6) is 5.88 Å². The Labute approximate surface area is 170 Å². The predicted octanol–water partition coefficient (Wildman–Crippen LogP) is 1.97. The average Bonchev–Trinajstić information content (AvgIpc) is 3.44. The van der Waals surface area contributed by atoms with Gasteiger partial charge < -0.3 is 15.0 Å². The lowest BCUT2D eigenvalue weighted by Crippen LogP contribution is -2.35. The van der Waals surface area contributed by atoms with E-state index in [1.807, 2.05) is 25.2 Å². The SMILES string of the molecule is CN1C(=O)CC(C(=O)NCc2ccc(OC3CCCC3)nc2)C1c1ccnn1C. The van der Waals surface area contributed by atoms with Crippen molar-refractivity contribution in [1.29, 1.82) is 0 Å². The van der Waals surface area contributed by atoms with Crippen LogP contribution < -0.4 is 10.1 Å². The number of hydrogen-bond acceptors (Lipinski definition) is 5. The van der Waals surface area contributed by atoms with Gasteiger partial charge in [-0.25, -0.2) is 4.98 Å². The lowest BCUT2D eigenvalue weighted by atomic mass is 9.96. The smallest absolute Gasteiger partial charge is 0.226 e. The summed E-state index contributed by atoms with van der Waals surface area (Å²) >= 11 is 0. The Kier molecular flexibility index (Phi) is 5.51. The van der Waals surface area contributed by atoms with Crippen LogP contribution in [-0.2, 0) is 23.2 Å². The summed E-state index contributed by atoms with van der Waals surface area (Å²) in [5, 5.41) is 7.14. The Bertz CT molecular complexity index is 873.